The highest BCUT2D eigenvalue weighted by Crippen LogP contribution is 2.21. The molecule has 4 nitrogen and oxygen atoms in total. The number of likely N-dealkylation sites (tertiary alicyclic amines) is 1. The number of hydrogen-bond acceptors (Lipinski definition) is 4. The zero-order chi connectivity index (χ0) is 13.9. The van der Waals surface area contributed by atoms with Crippen LogP contribution in [0.4, 0.5) is 5.69 Å². The van der Waals surface area contributed by atoms with E-state index in [4.69, 9.17) is 4.42 Å². The average molecular weight is 273 g/mol. The van der Waals surface area contributed by atoms with Crippen molar-refractivity contribution in [3.8, 4) is 0 Å². The maximum Gasteiger partial charge on any atom is 0.195 e. The molecule has 0 spiro atoms. The van der Waals surface area contributed by atoms with Crippen molar-refractivity contribution >= 4 is 16.8 Å². The van der Waals surface area contributed by atoms with E-state index < -0.39 is 0 Å². The normalized spacial score (nSPS) is 20.4. The molecule has 1 unspecified atom stereocenters. The molecule has 2 aromatic rings. The monoisotopic (exact) mass is 273 g/mol. The maximum atomic E-state index is 5.64. The van der Waals surface area contributed by atoms with Crippen LogP contribution >= 0.6 is 0 Å². The van der Waals surface area contributed by atoms with Gasteiger partial charge in [0.1, 0.15) is 5.52 Å². The number of anilines is 1. The van der Waals surface area contributed by atoms with Crippen LogP contribution in [0.2, 0.25) is 0 Å². The third-order valence-corrected chi connectivity index (χ3v) is 4.20. The van der Waals surface area contributed by atoms with Gasteiger partial charge in [-0.2, -0.15) is 0 Å². The van der Waals surface area contributed by atoms with Gasteiger partial charge >= 0.3 is 0 Å². The number of aromatic nitrogens is 1. The van der Waals surface area contributed by atoms with Crippen LogP contribution < -0.4 is 5.32 Å². The molecule has 1 atom stereocenters. The number of piperidine rings is 1. The van der Waals surface area contributed by atoms with Gasteiger partial charge in [0.2, 0.25) is 0 Å². The molecule has 3 rings (SSSR count). The molecule has 0 amide bonds. The van der Waals surface area contributed by atoms with Crippen LogP contribution in [0.1, 0.15) is 32.1 Å². The Bertz CT molecular complexity index is 578. The summed E-state index contributed by atoms with van der Waals surface area (Å²) in [6.45, 7) is 4.28. The van der Waals surface area contributed by atoms with E-state index in [1.807, 2.05) is 6.07 Å². The van der Waals surface area contributed by atoms with E-state index in [0.29, 0.717) is 6.04 Å². The van der Waals surface area contributed by atoms with E-state index in [9.17, 15) is 0 Å². The molecule has 1 aliphatic heterocycles. The molecule has 4 heteroatoms. The number of fused-ring (bicyclic) bond motifs is 1. The van der Waals surface area contributed by atoms with Crippen LogP contribution in [-0.2, 0) is 6.42 Å². The zero-order valence-electron chi connectivity index (χ0n) is 12.4. The number of oxazole rings is 1. The summed E-state index contributed by atoms with van der Waals surface area (Å²) in [6, 6.07) is 6.81. The van der Waals surface area contributed by atoms with Crippen LogP contribution in [0, 0.1) is 0 Å². The van der Waals surface area contributed by atoms with E-state index >= 15 is 0 Å². The van der Waals surface area contributed by atoms with E-state index in [1.54, 1.807) is 0 Å². The van der Waals surface area contributed by atoms with Crippen molar-refractivity contribution in [2.24, 2.45) is 0 Å². The molecule has 0 bridgehead atoms. The van der Waals surface area contributed by atoms with Crippen molar-refractivity contribution in [3.63, 3.8) is 0 Å². The Kier molecular flexibility index (Phi) is 3.92. The fourth-order valence-corrected chi connectivity index (χ4v) is 2.87. The van der Waals surface area contributed by atoms with E-state index in [2.05, 4.69) is 41.3 Å². The Balaban J connectivity index is 1.67. The summed E-state index contributed by atoms with van der Waals surface area (Å²) in [6.07, 6.45) is 4.80. The first kappa shape index (κ1) is 13.4. The summed E-state index contributed by atoms with van der Waals surface area (Å²) in [7, 11) is 2.22. The fourth-order valence-electron chi connectivity index (χ4n) is 2.87. The van der Waals surface area contributed by atoms with Gasteiger partial charge in [0.05, 0.1) is 0 Å². The lowest BCUT2D eigenvalue weighted by atomic mass is 10.0. The second-order valence-corrected chi connectivity index (χ2v) is 5.65. The Morgan fingerprint density at radius 3 is 3.10 bits per heavy atom. The molecule has 108 valence electrons. The SMILES string of the molecule is CCc1nc2cc(NCC3CCCCN3C)ccc2o1. The van der Waals surface area contributed by atoms with Gasteiger partial charge < -0.3 is 14.6 Å². The Labute approximate surface area is 120 Å². The predicted molar refractivity (Wildman–Crippen MR) is 82.1 cm³/mol. The molecule has 1 saturated heterocycles. The van der Waals surface area contributed by atoms with Gasteiger partial charge in [-0.25, -0.2) is 4.98 Å². The first-order valence-electron chi connectivity index (χ1n) is 7.60. The third kappa shape index (κ3) is 2.80. The van der Waals surface area contributed by atoms with E-state index in [-0.39, 0.29) is 0 Å². The van der Waals surface area contributed by atoms with E-state index in [0.717, 1.165) is 35.6 Å². The molecule has 0 aliphatic carbocycles. The van der Waals surface area contributed by atoms with Crippen molar-refractivity contribution in [1.29, 1.82) is 0 Å². The highest BCUT2D eigenvalue weighted by atomic mass is 16.3. The number of aryl methyl sites for hydroxylation is 1. The van der Waals surface area contributed by atoms with Gasteiger partial charge in [0, 0.05) is 24.7 Å². The predicted octanol–water partition coefficient (Wildman–Crippen LogP) is 3.29. The summed E-state index contributed by atoms with van der Waals surface area (Å²) in [5, 5.41) is 3.54. The van der Waals surface area contributed by atoms with Gasteiger partial charge in [-0.15, -0.1) is 0 Å². The molecule has 0 radical (unpaired) electrons. The van der Waals surface area contributed by atoms with Crippen molar-refractivity contribution in [2.45, 2.75) is 38.6 Å². The highest BCUT2D eigenvalue weighted by molar-refractivity contribution is 5.77. The summed E-state index contributed by atoms with van der Waals surface area (Å²) in [4.78, 5) is 6.94. The summed E-state index contributed by atoms with van der Waals surface area (Å²) >= 11 is 0. The summed E-state index contributed by atoms with van der Waals surface area (Å²) in [5.74, 6) is 0.809. The minimum atomic E-state index is 0.642. The largest absolute Gasteiger partial charge is 0.441 e. The standard InChI is InChI=1S/C16H23N3O/c1-3-16-18-14-10-12(7-8-15(14)20-16)17-11-13-6-4-5-9-19(13)2/h7-8,10,13,17H,3-6,9,11H2,1-2H3. The van der Waals surface area contributed by atoms with Crippen LogP contribution in [-0.4, -0.2) is 36.1 Å². The lowest BCUT2D eigenvalue weighted by molar-refractivity contribution is 0.194. The Morgan fingerprint density at radius 1 is 1.40 bits per heavy atom. The van der Waals surface area contributed by atoms with Crippen LogP contribution in [0.25, 0.3) is 11.1 Å². The third-order valence-electron chi connectivity index (χ3n) is 4.20. The first-order chi connectivity index (χ1) is 9.76. The topological polar surface area (TPSA) is 41.3 Å². The molecule has 2 heterocycles. The quantitative estimate of drug-likeness (QED) is 0.928. The smallest absolute Gasteiger partial charge is 0.195 e. The van der Waals surface area contributed by atoms with Crippen molar-refractivity contribution in [2.75, 3.05) is 25.5 Å². The minimum absolute atomic E-state index is 0.642. The number of hydrogen-bond donors (Lipinski definition) is 1. The molecule has 1 N–H and O–H groups in total. The lowest BCUT2D eigenvalue weighted by Crippen LogP contribution is -2.40. The van der Waals surface area contributed by atoms with Gasteiger partial charge in [-0.05, 0) is 44.6 Å². The lowest BCUT2D eigenvalue weighted by Gasteiger charge is -2.32. The van der Waals surface area contributed by atoms with Crippen molar-refractivity contribution < 1.29 is 4.42 Å². The van der Waals surface area contributed by atoms with Gasteiger partial charge in [0.25, 0.3) is 0 Å². The number of likely N-dealkylation sites (N-methyl/N-ethyl adjacent to an activating group) is 1. The minimum Gasteiger partial charge on any atom is -0.441 e. The highest BCUT2D eigenvalue weighted by Gasteiger charge is 2.18. The molecule has 0 saturated carbocycles. The molecule has 1 fully saturated rings. The van der Waals surface area contributed by atoms with Gasteiger partial charge in [0.15, 0.2) is 11.5 Å². The Morgan fingerprint density at radius 2 is 2.30 bits per heavy atom. The number of nitrogens with zero attached hydrogens (tertiary/aromatic N) is 2. The molecule has 1 aromatic heterocycles. The number of rotatable bonds is 4. The molecule has 20 heavy (non-hydrogen) atoms. The summed E-state index contributed by atoms with van der Waals surface area (Å²) < 4.78 is 5.64. The molecular formula is C16H23N3O. The van der Waals surface area contributed by atoms with Gasteiger partial charge in [-0.1, -0.05) is 13.3 Å². The first-order valence-corrected chi connectivity index (χ1v) is 7.60. The molecular weight excluding hydrogens is 250 g/mol. The maximum absolute atomic E-state index is 5.64. The average Bonchev–Trinajstić information content (AvgIpc) is 2.88. The van der Waals surface area contributed by atoms with Crippen LogP contribution in [0.5, 0.6) is 0 Å². The van der Waals surface area contributed by atoms with Crippen molar-refractivity contribution in [1.82, 2.24) is 9.88 Å². The fraction of sp³-hybridized carbons (Fsp3) is 0.562. The second-order valence-electron chi connectivity index (χ2n) is 5.65. The van der Waals surface area contributed by atoms with Crippen LogP contribution in [0.3, 0.4) is 0 Å². The van der Waals surface area contributed by atoms with Crippen molar-refractivity contribution in [3.05, 3.63) is 24.1 Å². The Hall–Kier alpha value is -1.55. The van der Waals surface area contributed by atoms with E-state index in [1.165, 1.54) is 25.8 Å². The van der Waals surface area contributed by atoms with Crippen LogP contribution in [0.15, 0.2) is 22.6 Å². The molecule has 1 aliphatic rings. The zero-order valence-corrected chi connectivity index (χ0v) is 12.4. The number of nitrogens with one attached hydrogen (secondary N) is 1. The molecule has 1 aromatic carbocycles. The summed E-state index contributed by atoms with van der Waals surface area (Å²) in [5.41, 5.74) is 2.96. The second kappa shape index (κ2) is 5.83. The van der Waals surface area contributed by atoms with Gasteiger partial charge in [-0.3, -0.25) is 0 Å². The number of benzene rings is 1.